The molecule has 0 aliphatic carbocycles. The van der Waals surface area contributed by atoms with E-state index in [4.69, 9.17) is 4.42 Å². The Kier molecular flexibility index (Phi) is 5.41. The molecule has 0 atom stereocenters. The zero-order valence-electron chi connectivity index (χ0n) is 16.5. The molecule has 170 valence electrons. The van der Waals surface area contributed by atoms with Crippen LogP contribution in [0, 0.1) is 5.82 Å². The molecular formula is C20H18F4N4O4. The molecule has 1 saturated heterocycles. The number of amides is 1. The van der Waals surface area contributed by atoms with E-state index in [1.54, 1.807) is 12.1 Å². The van der Waals surface area contributed by atoms with Gasteiger partial charge in [-0.3, -0.25) is 9.78 Å². The molecule has 0 spiro atoms. The smallest absolute Gasteiger partial charge is 0.408 e. The Morgan fingerprint density at radius 1 is 1.25 bits per heavy atom. The van der Waals surface area contributed by atoms with Crippen molar-refractivity contribution in [1.29, 1.82) is 0 Å². The first-order chi connectivity index (χ1) is 15.0. The summed E-state index contributed by atoms with van der Waals surface area (Å²) in [6, 6.07) is 6.46. The van der Waals surface area contributed by atoms with Gasteiger partial charge < -0.3 is 19.7 Å². The summed E-state index contributed by atoms with van der Waals surface area (Å²) in [5.74, 6) is -2.60. The van der Waals surface area contributed by atoms with Gasteiger partial charge >= 0.3 is 11.9 Å². The monoisotopic (exact) mass is 454 g/mol. The Morgan fingerprint density at radius 2 is 1.97 bits per heavy atom. The van der Waals surface area contributed by atoms with Gasteiger partial charge in [0, 0.05) is 24.8 Å². The van der Waals surface area contributed by atoms with Crippen LogP contribution in [0.3, 0.4) is 0 Å². The Bertz CT molecular complexity index is 1210. The van der Waals surface area contributed by atoms with E-state index in [1.165, 1.54) is 11.0 Å². The van der Waals surface area contributed by atoms with Gasteiger partial charge in [-0.05, 0) is 37.1 Å². The zero-order chi connectivity index (χ0) is 23.1. The van der Waals surface area contributed by atoms with Gasteiger partial charge in [0.25, 0.3) is 0 Å². The van der Waals surface area contributed by atoms with E-state index in [-0.39, 0.29) is 43.8 Å². The van der Waals surface area contributed by atoms with E-state index < -0.39 is 35.0 Å². The number of alkyl halides is 3. The highest BCUT2D eigenvalue weighted by atomic mass is 19.4. The maximum absolute atomic E-state index is 13.5. The third-order valence-corrected chi connectivity index (χ3v) is 5.31. The van der Waals surface area contributed by atoms with Crippen molar-refractivity contribution in [2.24, 2.45) is 0 Å². The zero-order valence-corrected chi connectivity index (χ0v) is 16.5. The van der Waals surface area contributed by atoms with E-state index in [1.807, 2.05) is 0 Å². The molecule has 1 amide bonds. The van der Waals surface area contributed by atoms with Gasteiger partial charge in [-0.1, -0.05) is 0 Å². The van der Waals surface area contributed by atoms with Gasteiger partial charge in [0.2, 0.25) is 5.91 Å². The van der Waals surface area contributed by atoms with Gasteiger partial charge in [0.05, 0.1) is 17.5 Å². The number of hydrogen-bond donors (Lipinski definition) is 3. The molecule has 0 bridgehead atoms. The number of rotatable bonds is 4. The number of hydrogen-bond acceptors (Lipinski definition) is 6. The molecule has 1 aliphatic rings. The van der Waals surface area contributed by atoms with Gasteiger partial charge in [-0.25, -0.2) is 14.2 Å². The molecule has 8 nitrogen and oxygen atoms in total. The third kappa shape index (κ3) is 4.59. The summed E-state index contributed by atoms with van der Waals surface area (Å²) in [6.07, 6.45) is -4.94. The lowest BCUT2D eigenvalue weighted by Crippen LogP contribution is -2.46. The molecule has 3 aromatic rings. The van der Waals surface area contributed by atoms with Crippen LogP contribution >= 0.6 is 0 Å². The van der Waals surface area contributed by atoms with Gasteiger partial charge in [-0.2, -0.15) is 13.2 Å². The number of aromatic nitrogens is 2. The number of H-pyrrole nitrogens is 1. The average molecular weight is 454 g/mol. The number of halogens is 4. The minimum absolute atomic E-state index is 0.0495. The summed E-state index contributed by atoms with van der Waals surface area (Å²) in [7, 11) is 0. The van der Waals surface area contributed by atoms with Crippen LogP contribution in [-0.4, -0.2) is 39.7 Å². The van der Waals surface area contributed by atoms with E-state index >= 15 is 0 Å². The largest absolute Gasteiger partial charge is 0.436 e. The number of oxazole rings is 1. The number of carbonyl (C=O) groups excluding carboxylic acids is 1. The van der Waals surface area contributed by atoms with Crippen molar-refractivity contribution in [3.05, 3.63) is 52.4 Å². The number of carbonyl (C=O) groups is 1. The molecule has 12 heteroatoms. The number of aromatic amines is 1. The third-order valence-electron chi connectivity index (χ3n) is 5.31. The molecule has 0 saturated carbocycles. The van der Waals surface area contributed by atoms with Crippen LogP contribution in [0.5, 0.6) is 0 Å². The summed E-state index contributed by atoms with van der Waals surface area (Å²) >= 11 is 0. The number of fused-ring (bicyclic) bond motifs is 1. The molecule has 32 heavy (non-hydrogen) atoms. The Balaban J connectivity index is 1.38. The second kappa shape index (κ2) is 7.93. The highest BCUT2D eigenvalue weighted by Crippen LogP contribution is 2.33. The molecule has 4 rings (SSSR count). The number of nitrogens with one attached hydrogen (secondary N) is 2. The fourth-order valence-corrected chi connectivity index (χ4v) is 3.66. The maximum atomic E-state index is 13.5. The Labute approximate surface area is 177 Å². The van der Waals surface area contributed by atoms with Crippen LogP contribution in [0.1, 0.15) is 25.0 Å². The quantitative estimate of drug-likeness (QED) is 0.523. The first kappa shape index (κ1) is 21.8. The second-order valence-corrected chi connectivity index (χ2v) is 7.66. The van der Waals surface area contributed by atoms with E-state index in [0.29, 0.717) is 17.3 Å². The number of pyridine rings is 1. The maximum Gasteiger partial charge on any atom is 0.436 e. The van der Waals surface area contributed by atoms with Crippen molar-refractivity contribution >= 4 is 28.5 Å². The van der Waals surface area contributed by atoms with Crippen molar-refractivity contribution in [2.45, 2.75) is 31.0 Å². The van der Waals surface area contributed by atoms with E-state index in [0.717, 1.165) is 6.07 Å². The SMILES string of the molecule is O=C(CC1(O)CCN(c2ccc(F)c(C(F)(F)F)n2)CC1)Nc1ccc2[nH]c(=O)oc2c1. The van der Waals surface area contributed by atoms with Crippen LogP contribution in [0.2, 0.25) is 0 Å². The van der Waals surface area contributed by atoms with Gasteiger partial charge in [0.15, 0.2) is 17.1 Å². The minimum atomic E-state index is -4.92. The number of benzene rings is 1. The molecular weight excluding hydrogens is 436 g/mol. The molecule has 1 fully saturated rings. The lowest BCUT2D eigenvalue weighted by molar-refractivity contribution is -0.143. The first-order valence-corrected chi connectivity index (χ1v) is 9.66. The standard InChI is InChI=1S/C20H18F4N4O4/c21-12-2-4-15(27-17(12)20(22,23)24)28-7-5-19(31,6-8-28)10-16(29)25-11-1-3-13-14(9-11)32-18(30)26-13/h1-4,9,31H,5-8,10H2,(H,25,29)(H,26,30). The summed E-state index contributed by atoms with van der Waals surface area (Å²) in [5.41, 5.74) is -1.84. The molecule has 0 radical (unpaired) electrons. The number of aliphatic hydroxyl groups is 1. The van der Waals surface area contributed by atoms with Crippen molar-refractivity contribution in [1.82, 2.24) is 9.97 Å². The van der Waals surface area contributed by atoms with Crippen molar-refractivity contribution in [2.75, 3.05) is 23.3 Å². The second-order valence-electron chi connectivity index (χ2n) is 7.66. The highest BCUT2D eigenvalue weighted by molar-refractivity contribution is 5.93. The van der Waals surface area contributed by atoms with Crippen LogP contribution in [0.4, 0.5) is 29.1 Å². The molecule has 1 aliphatic heterocycles. The fourth-order valence-electron chi connectivity index (χ4n) is 3.66. The van der Waals surface area contributed by atoms with Gasteiger partial charge in [-0.15, -0.1) is 0 Å². The summed E-state index contributed by atoms with van der Waals surface area (Å²) in [6.45, 7) is 0.278. The Morgan fingerprint density at radius 3 is 2.66 bits per heavy atom. The van der Waals surface area contributed by atoms with Crippen molar-refractivity contribution < 1.29 is 31.9 Å². The van der Waals surface area contributed by atoms with Crippen molar-refractivity contribution in [3.63, 3.8) is 0 Å². The lowest BCUT2D eigenvalue weighted by atomic mass is 9.88. The number of piperidine rings is 1. The summed E-state index contributed by atoms with van der Waals surface area (Å²) < 4.78 is 57.1. The van der Waals surface area contributed by atoms with Crippen LogP contribution in [-0.2, 0) is 11.0 Å². The Hall–Kier alpha value is -3.41. The highest BCUT2D eigenvalue weighted by Gasteiger charge is 2.38. The summed E-state index contributed by atoms with van der Waals surface area (Å²) in [4.78, 5) is 31.0. The summed E-state index contributed by atoms with van der Waals surface area (Å²) in [5, 5.41) is 13.4. The number of nitrogens with zero attached hydrogens (tertiary/aromatic N) is 2. The van der Waals surface area contributed by atoms with Gasteiger partial charge in [0.1, 0.15) is 5.82 Å². The molecule has 3 N–H and O–H groups in total. The van der Waals surface area contributed by atoms with Crippen LogP contribution in [0.15, 0.2) is 39.5 Å². The predicted octanol–water partition coefficient (Wildman–Crippen LogP) is 3.03. The fraction of sp³-hybridized carbons (Fsp3) is 0.350. The normalized spacial score (nSPS) is 16.3. The minimum Gasteiger partial charge on any atom is -0.408 e. The molecule has 1 aromatic carbocycles. The topological polar surface area (TPSA) is 111 Å². The van der Waals surface area contributed by atoms with E-state index in [9.17, 15) is 32.3 Å². The number of anilines is 2. The molecule has 3 heterocycles. The molecule has 2 aromatic heterocycles. The first-order valence-electron chi connectivity index (χ1n) is 9.66. The van der Waals surface area contributed by atoms with Crippen LogP contribution in [0.25, 0.3) is 11.1 Å². The predicted molar refractivity (Wildman–Crippen MR) is 106 cm³/mol. The molecule has 0 unspecified atom stereocenters. The van der Waals surface area contributed by atoms with Crippen LogP contribution < -0.4 is 16.0 Å². The van der Waals surface area contributed by atoms with E-state index in [2.05, 4.69) is 15.3 Å². The van der Waals surface area contributed by atoms with Crippen molar-refractivity contribution in [3.8, 4) is 0 Å². The average Bonchev–Trinajstić information content (AvgIpc) is 3.07. The lowest BCUT2D eigenvalue weighted by Gasteiger charge is -2.38.